The van der Waals surface area contributed by atoms with Gasteiger partial charge in [0.25, 0.3) is 5.91 Å². The topological polar surface area (TPSA) is 125 Å². The number of rotatable bonds is 5. The first-order chi connectivity index (χ1) is 13.7. The van der Waals surface area contributed by atoms with Crippen LogP contribution in [-0.2, 0) is 14.6 Å². The van der Waals surface area contributed by atoms with Gasteiger partial charge in [-0.1, -0.05) is 5.92 Å². The van der Waals surface area contributed by atoms with E-state index in [2.05, 4.69) is 29.0 Å². The molecule has 1 atom stereocenters. The highest BCUT2D eigenvalue weighted by Gasteiger charge is 2.62. The van der Waals surface area contributed by atoms with Gasteiger partial charge in [-0.2, -0.15) is 11.8 Å². The molecular weight excluding hydrogens is 416 g/mol. The maximum atomic E-state index is 13.5. The maximum Gasteiger partial charge on any atom is 0.281 e. The molecule has 0 radical (unpaired) electrons. The second-order valence-electron chi connectivity index (χ2n) is 6.43. The Morgan fingerprint density at radius 2 is 1.93 bits per heavy atom. The van der Waals surface area contributed by atoms with E-state index >= 15 is 0 Å². The van der Waals surface area contributed by atoms with Crippen molar-refractivity contribution in [3.8, 4) is 29.4 Å². The number of nitrogens with one attached hydrogen (secondary N) is 2. The third-order valence-electron chi connectivity index (χ3n) is 4.37. The number of carbonyl (C=O) groups is 1. The van der Waals surface area contributed by atoms with Crippen molar-refractivity contribution in [3.63, 3.8) is 0 Å². The monoisotopic (exact) mass is 438 g/mol. The van der Waals surface area contributed by atoms with Crippen molar-refractivity contribution in [2.24, 2.45) is 0 Å². The van der Waals surface area contributed by atoms with Gasteiger partial charge in [0.2, 0.25) is 14.7 Å². The number of sulfone groups is 1. The van der Waals surface area contributed by atoms with E-state index < -0.39 is 25.4 Å². The summed E-state index contributed by atoms with van der Waals surface area (Å²) in [5.41, 5.74) is 1.51. The van der Waals surface area contributed by atoms with Crippen molar-refractivity contribution in [2.45, 2.75) is 28.4 Å². The van der Waals surface area contributed by atoms with Gasteiger partial charge in [0.05, 0.1) is 9.64 Å². The first-order valence-electron chi connectivity index (χ1n) is 8.60. The van der Waals surface area contributed by atoms with Crippen LogP contribution in [0.15, 0.2) is 29.2 Å². The predicted octanol–water partition coefficient (Wildman–Crippen LogP) is 0.155. The van der Waals surface area contributed by atoms with Gasteiger partial charge < -0.3 is 9.84 Å². The lowest BCUT2D eigenvalue weighted by atomic mass is 10.0. The van der Waals surface area contributed by atoms with E-state index in [1.54, 1.807) is 13.8 Å². The van der Waals surface area contributed by atoms with Gasteiger partial charge in [0.15, 0.2) is 0 Å². The average molecular weight is 439 g/mol. The van der Waals surface area contributed by atoms with Crippen LogP contribution in [0.4, 0.5) is 0 Å². The number of ether oxygens (including phenoxy) is 1. The zero-order valence-electron chi connectivity index (χ0n) is 16.0. The van der Waals surface area contributed by atoms with Gasteiger partial charge in [-0.25, -0.2) is 13.9 Å². The van der Waals surface area contributed by atoms with Crippen LogP contribution in [0.2, 0.25) is 0 Å². The molecule has 1 aliphatic rings. The largest absolute Gasteiger partial charge is 0.481 e. The molecule has 0 bridgehead atoms. The Bertz CT molecular complexity index is 968. The van der Waals surface area contributed by atoms with E-state index in [9.17, 15) is 18.4 Å². The van der Waals surface area contributed by atoms with E-state index in [1.807, 2.05) is 0 Å². The summed E-state index contributed by atoms with van der Waals surface area (Å²) in [5.74, 6) is 9.92. The van der Waals surface area contributed by atoms with Crippen LogP contribution in [0.25, 0.3) is 0 Å². The van der Waals surface area contributed by atoms with Crippen LogP contribution in [0.3, 0.4) is 0 Å². The van der Waals surface area contributed by atoms with Crippen molar-refractivity contribution in [1.82, 2.24) is 10.8 Å². The van der Waals surface area contributed by atoms with Crippen molar-refractivity contribution < 1.29 is 28.3 Å². The minimum atomic E-state index is -4.22. The van der Waals surface area contributed by atoms with Crippen molar-refractivity contribution in [2.75, 3.05) is 25.5 Å². The summed E-state index contributed by atoms with van der Waals surface area (Å²) < 4.78 is 31.3. The number of aliphatic hydroxyl groups excluding tert-OH is 1. The van der Waals surface area contributed by atoms with Crippen molar-refractivity contribution in [3.05, 3.63) is 24.3 Å². The molecule has 29 heavy (non-hydrogen) atoms. The third-order valence-corrected chi connectivity index (χ3v) is 8.48. The zero-order chi connectivity index (χ0) is 21.5. The number of hydrogen-bond donors (Lipinski definition) is 4. The smallest absolute Gasteiger partial charge is 0.281 e. The van der Waals surface area contributed by atoms with Crippen molar-refractivity contribution in [1.29, 1.82) is 0 Å². The SMILES string of the molecule is CC1(C)SCCN[C@@]1(C(=O)NO)S(=O)(=O)c1ccc(OCC#CC#CCO)cc1. The quantitative estimate of drug-likeness (QED) is 0.291. The number of thioether (sulfide) groups is 1. The highest BCUT2D eigenvalue weighted by molar-refractivity contribution is 8.02. The van der Waals surface area contributed by atoms with Gasteiger partial charge in [-0.15, -0.1) is 0 Å². The summed E-state index contributed by atoms with van der Waals surface area (Å²) in [7, 11) is -4.22. The van der Waals surface area contributed by atoms with E-state index in [0.717, 1.165) is 0 Å². The molecular formula is C19H22N2O6S2. The fourth-order valence-electron chi connectivity index (χ4n) is 3.00. The average Bonchev–Trinajstić information content (AvgIpc) is 2.70. The number of amides is 1. The minimum absolute atomic E-state index is 0.0360. The summed E-state index contributed by atoms with van der Waals surface area (Å²) in [4.78, 5) is 10.4. The molecule has 0 unspecified atom stereocenters. The van der Waals surface area contributed by atoms with Crippen LogP contribution >= 0.6 is 11.8 Å². The first kappa shape index (κ1) is 23.1. The van der Waals surface area contributed by atoms with Gasteiger partial charge in [-0.05, 0) is 55.9 Å². The fourth-order valence-corrected chi connectivity index (χ4v) is 6.66. The normalized spacial score (nSPS) is 20.4. The van der Waals surface area contributed by atoms with Crippen molar-refractivity contribution >= 4 is 27.5 Å². The molecule has 4 N–H and O–H groups in total. The van der Waals surface area contributed by atoms with E-state index in [0.29, 0.717) is 18.0 Å². The lowest BCUT2D eigenvalue weighted by Crippen LogP contribution is -2.73. The number of hydrogen-bond acceptors (Lipinski definition) is 8. The molecule has 0 aromatic heterocycles. The Hall–Kier alpha value is -2.21. The maximum absolute atomic E-state index is 13.5. The van der Waals surface area contributed by atoms with Gasteiger partial charge >= 0.3 is 0 Å². The van der Waals surface area contributed by atoms with Crippen LogP contribution < -0.4 is 15.5 Å². The van der Waals surface area contributed by atoms with E-state index in [-0.39, 0.29) is 18.1 Å². The Balaban J connectivity index is 2.31. The highest BCUT2D eigenvalue weighted by Crippen LogP contribution is 2.44. The molecule has 1 fully saturated rings. The summed E-state index contributed by atoms with van der Waals surface area (Å²) >= 11 is 1.33. The molecule has 1 aromatic carbocycles. The number of carbonyl (C=O) groups excluding carboxylic acids is 1. The molecule has 8 nitrogen and oxygen atoms in total. The Morgan fingerprint density at radius 3 is 2.52 bits per heavy atom. The molecule has 0 aliphatic carbocycles. The number of hydroxylamine groups is 1. The molecule has 10 heteroatoms. The molecule has 1 amide bonds. The fraction of sp³-hybridized carbons (Fsp3) is 0.421. The second kappa shape index (κ2) is 9.53. The van der Waals surface area contributed by atoms with E-state index in [1.165, 1.54) is 41.5 Å². The Morgan fingerprint density at radius 1 is 1.28 bits per heavy atom. The highest BCUT2D eigenvalue weighted by atomic mass is 32.2. The van der Waals surface area contributed by atoms with Crippen LogP contribution in [0, 0.1) is 23.7 Å². The van der Waals surface area contributed by atoms with Gasteiger partial charge in [-0.3, -0.25) is 15.3 Å². The Labute approximate surface area is 174 Å². The predicted molar refractivity (Wildman–Crippen MR) is 109 cm³/mol. The van der Waals surface area contributed by atoms with Gasteiger partial charge in [0.1, 0.15) is 19.0 Å². The first-order valence-corrected chi connectivity index (χ1v) is 11.1. The van der Waals surface area contributed by atoms with Crippen LogP contribution in [0.5, 0.6) is 5.75 Å². The molecule has 2 rings (SSSR count). The summed E-state index contributed by atoms with van der Waals surface area (Å²) in [6.45, 7) is 3.35. The summed E-state index contributed by atoms with van der Waals surface area (Å²) in [6.07, 6.45) is 0. The third kappa shape index (κ3) is 4.53. The standard InChI is InChI=1S/C19H22N2O6S2/c1-18(2)19(17(23)21-24,20-11-14-28-18)29(25,26)16-9-7-15(8-10-16)27-13-6-4-3-5-12-22/h7-10,20,22,24H,11-14H2,1-2H3,(H,21,23)/t19-/m0/s1. The summed E-state index contributed by atoms with van der Waals surface area (Å²) in [5, 5.41) is 20.6. The lowest BCUT2D eigenvalue weighted by Gasteiger charge is -2.47. The zero-order valence-corrected chi connectivity index (χ0v) is 17.6. The lowest BCUT2D eigenvalue weighted by molar-refractivity contribution is -0.133. The molecule has 1 aromatic rings. The molecule has 1 saturated heterocycles. The second-order valence-corrected chi connectivity index (χ2v) is 10.2. The van der Waals surface area contributed by atoms with Crippen LogP contribution in [0.1, 0.15) is 13.8 Å². The van der Waals surface area contributed by atoms with Gasteiger partial charge in [0, 0.05) is 12.3 Å². The summed E-state index contributed by atoms with van der Waals surface area (Å²) in [6, 6.07) is 5.60. The molecule has 156 valence electrons. The van der Waals surface area contributed by atoms with Crippen LogP contribution in [-0.4, -0.2) is 59.8 Å². The molecule has 0 saturated carbocycles. The van der Waals surface area contributed by atoms with E-state index in [4.69, 9.17) is 9.84 Å². The number of aliphatic hydroxyl groups is 1. The molecule has 0 spiro atoms. The molecule has 1 aliphatic heterocycles. The molecule has 1 heterocycles. The Kier molecular flexibility index (Phi) is 7.58. The number of benzene rings is 1. The minimum Gasteiger partial charge on any atom is -0.481 e.